The number of carbonyl (C=O) groups is 4. The van der Waals surface area contributed by atoms with Crippen molar-refractivity contribution in [2.45, 2.75) is 51.2 Å². The summed E-state index contributed by atoms with van der Waals surface area (Å²) < 4.78 is 0. The first-order chi connectivity index (χ1) is 12.2. The van der Waals surface area contributed by atoms with Crippen LogP contribution in [0, 0.1) is 5.92 Å². The van der Waals surface area contributed by atoms with Gasteiger partial charge in [0.05, 0.1) is 12.6 Å². The van der Waals surface area contributed by atoms with Crippen LogP contribution in [0.5, 0.6) is 0 Å². The molecule has 1 saturated heterocycles. The summed E-state index contributed by atoms with van der Waals surface area (Å²) >= 11 is 4.03. The molecule has 1 heterocycles. The van der Waals surface area contributed by atoms with Crippen LogP contribution in [0.4, 0.5) is 0 Å². The Morgan fingerprint density at radius 1 is 1.31 bits per heavy atom. The summed E-state index contributed by atoms with van der Waals surface area (Å²) in [6.07, 6.45) is 1.84. The summed E-state index contributed by atoms with van der Waals surface area (Å²) in [6.45, 7) is 3.86. The quantitative estimate of drug-likeness (QED) is 0.301. The number of nitrogens with two attached hydrogens (primary N) is 2. The molecule has 26 heavy (non-hydrogen) atoms. The summed E-state index contributed by atoms with van der Waals surface area (Å²) in [4.78, 5) is 49.7. The molecule has 0 bridgehead atoms. The summed E-state index contributed by atoms with van der Waals surface area (Å²) in [7, 11) is 0. The fourth-order valence-electron chi connectivity index (χ4n) is 2.83. The molecule has 1 rings (SSSR count). The molecule has 1 aliphatic heterocycles. The average Bonchev–Trinajstić information content (AvgIpc) is 3.11. The van der Waals surface area contributed by atoms with Crippen LogP contribution in [0.15, 0.2) is 0 Å². The predicted molar refractivity (Wildman–Crippen MR) is 100 cm³/mol. The maximum Gasteiger partial charge on any atom is 0.243 e. The Kier molecular flexibility index (Phi) is 8.86. The lowest BCUT2D eigenvalue weighted by Gasteiger charge is -2.29. The lowest BCUT2D eigenvalue weighted by Crippen LogP contribution is -2.57. The van der Waals surface area contributed by atoms with Gasteiger partial charge in [0.25, 0.3) is 0 Å². The van der Waals surface area contributed by atoms with Crippen molar-refractivity contribution >= 4 is 36.3 Å². The molecule has 0 aliphatic carbocycles. The number of likely N-dealkylation sites (tertiary alicyclic amines) is 1. The van der Waals surface area contributed by atoms with Crippen LogP contribution in [-0.2, 0) is 19.2 Å². The van der Waals surface area contributed by atoms with Gasteiger partial charge >= 0.3 is 0 Å². The van der Waals surface area contributed by atoms with Crippen molar-refractivity contribution in [2.24, 2.45) is 17.4 Å². The molecule has 0 aromatic carbocycles. The van der Waals surface area contributed by atoms with Gasteiger partial charge in [0.15, 0.2) is 0 Å². The van der Waals surface area contributed by atoms with Crippen LogP contribution < -0.4 is 22.1 Å². The number of amides is 4. The normalized spacial score (nSPS) is 20.2. The van der Waals surface area contributed by atoms with Crippen LogP contribution in [0.25, 0.3) is 0 Å². The van der Waals surface area contributed by atoms with E-state index in [9.17, 15) is 19.2 Å². The molecule has 4 amide bonds. The molecule has 0 aromatic heterocycles. The van der Waals surface area contributed by atoms with E-state index in [0.717, 1.165) is 0 Å². The zero-order chi connectivity index (χ0) is 19.9. The van der Waals surface area contributed by atoms with Crippen molar-refractivity contribution in [2.75, 3.05) is 18.8 Å². The zero-order valence-electron chi connectivity index (χ0n) is 15.2. The molecule has 0 spiro atoms. The van der Waals surface area contributed by atoms with Crippen LogP contribution in [-0.4, -0.2) is 65.5 Å². The van der Waals surface area contributed by atoms with Gasteiger partial charge in [0.1, 0.15) is 12.1 Å². The van der Waals surface area contributed by atoms with Gasteiger partial charge in [0.2, 0.25) is 23.6 Å². The molecule has 10 heteroatoms. The second-order valence-electron chi connectivity index (χ2n) is 6.53. The average molecular weight is 388 g/mol. The van der Waals surface area contributed by atoms with E-state index in [1.807, 2.05) is 13.8 Å². The second kappa shape index (κ2) is 10.4. The van der Waals surface area contributed by atoms with Gasteiger partial charge in [-0.3, -0.25) is 19.2 Å². The summed E-state index contributed by atoms with van der Waals surface area (Å²) in [5.74, 6) is -1.83. The van der Waals surface area contributed by atoms with E-state index in [1.165, 1.54) is 4.90 Å². The SMILES string of the molecule is CC[C@H](C)[C@H](NC(=O)[C@@H]1CCCN1C(=O)[C@@H](N)CS)C(=O)NCC(N)=O. The first-order valence-electron chi connectivity index (χ1n) is 8.76. The number of nitrogens with one attached hydrogen (secondary N) is 2. The van der Waals surface area contributed by atoms with E-state index in [-0.39, 0.29) is 24.1 Å². The highest BCUT2D eigenvalue weighted by molar-refractivity contribution is 7.80. The van der Waals surface area contributed by atoms with Crippen molar-refractivity contribution in [3.8, 4) is 0 Å². The van der Waals surface area contributed by atoms with Gasteiger partial charge in [-0.1, -0.05) is 20.3 Å². The Hall–Kier alpha value is -1.81. The summed E-state index contributed by atoms with van der Waals surface area (Å²) in [5.41, 5.74) is 10.8. The minimum absolute atomic E-state index is 0.155. The van der Waals surface area contributed by atoms with Crippen LogP contribution in [0.1, 0.15) is 33.1 Å². The number of rotatable bonds is 9. The number of hydrogen-bond acceptors (Lipinski definition) is 6. The lowest BCUT2D eigenvalue weighted by atomic mass is 9.97. The molecule has 6 N–H and O–H groups in total. The van der Waals surface area contributed by atoms with Gasteiger partial charge in [0, 0.05) is 12.3 Å². The third-order valence-corrected chi connectivity index (χ3v) is 4.98. The van der Waals surface area contributed by atoms with E-state index in [2.05, 4.69) is 23.3 Å². The van der Waals surface area contributed by atoms with E-state index < -0.39 is 35.8 Å². The van der Waals surface area contributed by atoms with Gasteiger partial charge in [-0.15, -0.1) is 0 Å². The number of carbonyl (C=O) groups excluding carboxylic acids is 4. The molecule has 9 nitrogen and oxygen atoms in total. The molecule has 148 valence electrons. The highest BCUT2D eigenvalue weighted by Crippen LogP contribution is 2.19. The first kappa shape index (κ1) is 22.2. The number of hydrogen-bond donors (Lipinski definition) is 5. The van der Waals surface area contributed by atoms with Gasteiger partial charge in [-0.2, -0.15) is 12.6 Å². The first-order valence-corrected chi connectivity index (χ1v) is 9.39. The second-order valence-corrected chi connectivity index (χ2v) is 6.90. The molecule has 0 aromatic rings. The van der Waals surface area contributed by atoms with Crippen LogP contribution >= 0.6 is 12.6 Å². The predicted octanol–water partition coefficient (Wildman–Crippen LogP) is -1.63. The smallest absolute Gasteiger partial charge is 0.243 e. The van der Waals surface area contributed by atoms with Crippen molar-refractivity contribution in [3.05, 3.63) is 0 Å². The van der Waals surface area contributed by atoms with Gasteiger partial charge < -0.3 is 27.0 Å². The van der Waals surface area contributed by atoms with E-state index in [0.29, 0.717) is 25.8 Å². The van der Waals surface area contributed by atoms with Crippen molar-refractivity contribution in [3.63, 3.8) is 0 Å². The molecule has 4 atom stereocenters. The highest BCUT2D eigenvalue weighted by Gasteiger charge is 2.38. The summed E-state index contributed by atoms with van der Waals surface area (Å²) in [5, 5.41) is 5.13. The molecular weight excluding hydrogens is 358 g/mol. The Labute approximate surface area is 159 Å². The van der Waals surface area contributed by atoms with E-state index in [4.69, 9.17) is 11.5 Å². The number of primary amides is 1. The fourth-order valence-corrected chi connectivity index (χ4v) is 2.99. The maximum absolute atomic E-state index is 12.7. The molecule has 0 saturated carbocycles. The van der Waals surface area contributed by atoms with Crippen molar-refractivity contribution < 1.29 is 19.2 Å². The highest BCUT2D eigenvalue weighted by atomic mass is 32.1. The monoisotopic (exact) mass is 387 g/mol. The van der Waals surface area contributed by atoms with Crippen molar-refractivity contribution in [1.29, 1.82) is 0 Å². The van der Waals surface area contributed by atoms with Crippen LogP contribution in [0.3, 0.4) is 0 Å². The third kappa shape index (κ3) is 5.87. The molecule has 0 radical (unpaired) electrons. The summed E-state index contributed by atoms with van der Waals surface area (Å²) in [6, 6.07) is -2.25. The van der Waals surface area contributed by atoms with E-state index >= 15 is 0 Å². The molecule has 0 unspecified atom stereocenters. The molecular formula is C16H29N5O4S. The zero-order valence-corrected chi connectivity index (χ0v) is 16.1. The standard InChI is InChI=1S/C16H29N5O4S/c1-3-9(2)13(15(24)19-7-12(18)22)20-14(23)11-5-4-6-21(11)16(25)10(17)8-26/h9-11,13,26H,3-8,17H2,1-2H3,(H2,18,22)(H,19,24)(H,20,23)/t9-,10-,11-,13-/m0/s1. The molecule has 1 fully saturated rings. The lowest BCUT2D eigenvalue weighted by molar-refractivity contribution is -0.140. The van der Waals surface area contributed by atoms with Crippen molar-refractivity contribution in [1.82, 2.24) is 15.5 Å². The number of nitrogens with zero attached hydrogens (tertiary/aromatic N) is 1. The van der Waals surface area contributed by atoms with Gasteiger partial charge in [-0.25, -0.2) is 0 Å². The van der Waals surface area contributed by atoms with Gasteiger partial charge in [-0.05, 0) is 18.8 Å². The third-order valence-electron chi connectivity index (χ3n) is 4.58. The minimum Gasteiger partial charge on any atom is -0.368 e. The minimum atomic E-state index is -0.817. The Bertz CT molecular complexity index is 545. The van der Waals surface area contributed by atoms with Crippen LogP contribution in [0.2, 0.25) is 0 Å². The molecule has 1 aliphatic rings. The Morgan fingerprint density at radius 2 is 1.96 bits per heavy atom. The fraction of sp³-hybridized carbons (Fsp3) is 0.750. The van der Waals surface area contributed by atoms with E-state index in [1.54, 1.807) is 0 Å². The Balaban J connectivity index is 2.83. The topological polar surface area (TPSA) is 148 Å². The number of thiol groups is 1. The Morgan fingerprint density at radius 3 is 2.50 bits per heavy atom. The largest absolute Gasteiger partial charge is 0.368 e. The maximum atomic E-state index is 12.7.